The summed E-state index contributed by atoms with van der Waals surface area (Å²) in [7, 11) is 0. The van der Waals surface area contributed by atoms with Gasteiger partial charge in [-0.25, -0.2) is 0 Å². The van der Waals surface area contributed by atoms with Gasteiger partial charge in [0.05, 0.1) is 0 Å². The van der Waals surface area contributed by atoms with Gasteiger partial charge in [0.25, 0.3) is 0 Å². The van der Waals surface area contributed by atoms with Gasteiger partial charge in [0.1, 0.15) is 0 Å². The predicted molar refractivity (Wildman–Crippen MR) is 324 cm³/mol. The van der Waals surface area contributed by atoms with Crippen molar-refractivity contribution >= 4 is 21.5 Å². The minimum Gasteiger partial charge on any atom is -0.0447 e. The van der Waals surface area contributed by atoms with E-state index in [2.05, 4.69) is 194 Å². The molecule has 378 valence electrons. The normalized spacial score (nSPS) is 12.3. The summed E-state index contributed by atoms with van der Waals surface area (Å²) in [5.41, 5.74) is 56.9. The minimum atomic E-state index is 0.988. The van der Waals surface area contributed by atoms with Crippen LogP contribution in [0.25, 0.3) is 77.2 Å². The molecular formula is C73H86. The lowest BCUT2D eigenvalue weighted by molar-refractivity contribution is 1.12. The molecule has 1 aliphatic rings. The summed E-state index contributed by atoms with van der Waals surface area (Å²) in [4.78, 5) is 0. The van der Waals surface area contributed by atoms with E-state index < -0.39 is 0 Å². The molecule has 9 rings (SSSR count). The van der Waals surface area contributed by atoms with Crippen molar-refractivity contribution in [3.8, 4) is 55.6 Å². The van der Waals surface area contributed by atoms with Crippen LogP contribution in [0.15, 0.2) is 0 Å². The lowest BCUT2D eigenvalue weighted by Crippen LogP contribution is -2.09. The Kier molecular flexibility index (Phi) is 12.5. The second-order valence-corrected chi connectivity index (χ2v) is 23.9. The molecule has 0 amide bonds. The Labute approximate surface area is 442 Å². The van der Waals surface area contributed by atoms with Crippen LogP contribution in [-0.4, -0.2) is 0 Å². The standard InChI is InChI=1S/C73H86/c1-30-32(3)44(15)60(45(16)33(30)4)61-54(25)56(27)62(57(28)55(61)26)64-47(18)35(6)36(7)48(19)65(64)72-66-49(20)37(8)39(10)51(22)68(66)73(69-52(23)40(11)38(9)50(21)67(69)72)70-53(24)41(12)43(14)59-29-58-42(13)31(2)34(5)46(17)63(58)71(59)70/h29H2,1-28H3. The Hall–Kier alpha value is -5.72. The van der Waals surface area contributed by atoms with Crippen molar-refractivity contribution in [2.45, 2.75) is 200 Å². The zero-order chi connectivity index (χ0) is 54.1. The van der Waals surface area contributed by atoms with E-state index in [-0.39, 0.29) is 0 Å². The van der Waals surface area contributed by atoms with E-state index in [9.17, 15) is 0 Å². The van der Waals surface area contributed by atoms with Crippen LogP contribution in [0.2, 0.25) is 0 Å². The smallest absolute Gasteiger partial charge is 0.000766 e. The molecule has 0 atom stereocenters. The third kappa shape index (κ3) is 6.69. The minimum absolute atomic E-state index is 0.988. The second kappa shape index (κ2) is 17.4. The Morgan fingerprint density at radius 2 is 0.288 bits per heavy atom. The number of hydrogen-bond donors (Lipinski definition) is 0. The van der Waals surface area contributed by atoms with Gasteiger partial charge in [-0.15, -0.1) is 0 Å². The van der Waals surface area contributed by atoms with E-state index in [1.807, 2.05) is 0 Å². The van der Waals surface area contributed by atoms with Gasteiger partial charge in [-0.1, -0.05) is 0 Å². The summed E-state index contributed by atoms with van der Waals surface area (Å²) in [5.74, 6) is 0. The lowest BCUT2D eigenvalue weighted by Gasteiger charge is -2.32. The average Bonchev–Trinajstić information content (AvgIpc) is 3.76. The summed E-state index contributed by atoms with van der Waals surface area (Å²) in [6, 6.07) is 0. The summed E-state index contributed by atoms with van der Waals surface area (Å²) < 4.78 is 0. The van der Waals surface area contributed by atoms with Crippen molar-refractivity contribution in [1.82, 2.24) is 0 Å². The Morgan fingerprint density at radius 1 is 0.123 bits per heavy atom. The first-order valence-corrected chi connectivity index (χ1v) is 27.5. The molecule has 8 aromatic carbocycles. The van der Waals surface area contributed by atoms with Gasteiger partial charge in [0.15, 0.2) is 0 Å². The molecule has 0 heteroatoms. The molecule has 73 heavy (non-hydrogen) atoms. The quantitative estimate of drug-likeness (QED) is 0.154. The predicted octanol–water partition coefficient (Wildman–Crippen LogP) is 20.9. The highest BCUT2D eigenvalue weighted by molar-refractivity contribution is 6.28. The highest BCUT2D eigenvalue weighted by Crippen LogP contribution is 2.59. The van der Waals surface area contributed by atoms with Gasteiger partial charge >= 0.3 is 0 Å². The van der Waals surface area contributed by atoms with E-state index in [1.165, 1.54) is 244 Å². The van der Waals surface area contributed by atoms with Gasteiger partial charge in [0, 0.05) is 0 Å². The summed E-state index contributed by atoms with van der Waals surface area (Å²) in [6.07, 6.45) is 0.988. The maximum atomic E-state index is 2.46. The fourth-order valence-electron chi connectivity index (χ4n) is 14.7. The summed E-state index contributed by atoms with van der Waals surface area (Å²) in [6.45, 7) is 67.2. The van der Waals surface area contributed by atoms with Gasteiger partial charge in [-0.05, 0) is 444 Å². The first-order chi connectivity index (χ1) is 34.0. The second-order valence-electron chi connectivity index (χ2n) is 23.9. The monoisotopic (exact) mass is 963 g/mol. The van der Waals surface area contributed by atoms with E-state index in [0.717, 1.165) is 6.42 Å². The van der Waals surface area contributed by atoms with Crippen LogP contribution >= 0.6 is 0 Å². The first-order valence-electron chi connectivity index (χ1n) is 27.5. The number of aryl methyl sites for hydroxylation is 4. The fourth-order valence-corrected chi connectivity index (χ4v) is 14.7. The van der Waals surface area contributed by atoms with Crippen LogP contribution in [-0.2, 0) is 6.42 Å². The maximum absolute atomic E-state index is 2.46. The molecule has 0 spiro atoms. The first kappa shape index (κ1) is 52.2. The van der Waals surface area contributed by atoms with Gasteiger partial charge < -0.3 is 0 Å². The van der Waals surface area contributed by atoms with Crippen molar-refractivity contribution in [3.63, 3.8) is 0 Å². The van der Waals surface area contributed by atoms with Crippen LogP contribution in [0.3, 0.4) is 0 Å². The summed E-state index contributed by atoms with van der Waals surface area (Å²) >= 11 is 0. The Balaban J connectivity index is 1.59. The molecule has 0 bridgehead atoms. The van der Waals surface area contributed by atoms with E-state index >= 15 is 0 Å². The zero-order valence-electron chi connectivity index (χ0n) is 50.7. The van der Waals surface area contributed by atoms with Crippen molar-refractivity contribution in [1.29, 1.82) is 0 Å². The van der Waals surface area contributed by atoms with Crippen molar-refractivity contribution in [3.05, 3.63) is 167 Å². The van der Waals surface area contributed by atoms with Crippen LogP contribution in [0.5, 0.6) is 0 Å². The molecule has 0 fully saturated rings. The number of hydrogen-bond acceptors (Lipinski definition) is 0. The van der Waals surface area contributed by atoms with Gasteiger partial charge in [0.2, 0.25) is 0 Å². The molecule has 0 aromatic heterocycles. The SMILES string of the molecule is Cc1c(C)c(C)c(-c2c(C)c(C)c(-c3c(C)c(C)c(C)c(C)c3-c3c4c(C)c(C)c(C)c(C)c4c(-c4c(C)c(C)c(C)c5c4-c4c(C)c(C)c(C)c(C)c4C5)c4c(C)c(C)c(C)c(C)c34)c(C)c2C)c(C)c1C. The van der Waals surface area contributed by atoms with Crippen molar-refractivity contribution < 1.29 is 0 Å². The molecular weight excluding hydrogens is 877 g/mol. The average molecular weight is 963 g/mol. The number of fused-ring (bicyclic) bond motifs is 5. The van der Waals surface area contributed by atoms with Gasteiger partial charge in [-0.3, -0.25) is 0 Å². The maximum Gasteiger partial charge on any atom is -0.000766 e. The molecule has 8 aromatic rings. The van der Waals surface area contributed by atoms with Gasteiger partial charge in [-0.2, -0.15) is 0 Å². The third-order valence-corrected chi connectivity index (χ3v) is 21.6. The Bertz CT molecular complexity index is 3760. The highest BCUT2D eigenvalue weighted by Gasteiger charge is 2.36. The molecule has 0 aliphatic heterocycles. The molecule has 0 radical (unpaired) electrons. The highest BCUT2D eigenvalue weighted by atomic mass is 14.4. The molecule has 0 unspecified atom stereocenters. The zero-order valence-corrected chi connectivity index (χ0v) is 50.7. The van der Waals surface area contributed by atoms with E-state index in [0.29, 0.717) is 0 Å². The topological polar surface area (TPSA) is 0 Å². The Morgan fingerprint density at radius 3 is 0.603 bits per heavy atom. The third-order valence-electron chi connectivity index (χ3n) is 21.6. The van der Waals surface area contributed by atoms with Crippen LogP contribution in [0.4, 0.5) is 0 Å². The van der Waals surface area contributed by atoms with E-state index in [1.54, 1.807) is 0 Å². The molecule has 1 aliphatic carbocycles. The van der Waals surface area contributed by atoms with Crippen molar-refractivity contribution in [2.24, 2.45) is 0 Å². The van der Waals surface area contributed by atoms with E-state index in [4.69, 9.17) is 0 Å². The molecule has 0 saturated heterocycles. The fraction of sp³-hybridized carbons (Fsp3) is 0.397. The largest absolute Gasteiger partial charge is 0.0447 e. The van der Waals surface area contributed by atoms with Crippen LogP contribution in [0.1, 0.15) is 167 Å². The molecule has 0 N–H and O–H groups in total. The lowest BCUT2D eigenvalue weighted by atomic mass is 9.71. The van der Waals surface area contributed by atoms with Crippen LogP contribution in [0, 0.1) is 194 Å². The van der Waals surface area contributed by atoms with Crippen molar-refractivity contribution in [2.75, 3.05) is 0 Å². The molecule has 0 heterocycles. The molecule has 0 saturated carbocycles. The van der Waals surface area contributed by atoms with Crippen LogP contribution < -0.4 is 0 Å². The number of rotatable bonds is 4. The number of benzene rings is 8. The molecule has 0 nitrogen and oxygen atoms in total. The summed E-state index contributed by atoms with van der Waals surface area (Å²) in [5, 5.41) is 5.72.